The third-order valence-electron chi connectivity index (χ3n) is 0.937. The van der Waals surface area contributed by atoms with E-state index in [0.717, 1.165) is 0 Å². The molecule has 0 fully saturated rings. The Morgan fingerprint density at radius 3 is 2.33 bits per heavy atom. The molecule has 0 aliphatic heterocycles. The van der Waals surface area contributed by atoms with Crippen molar-refractivity contribution < 1.29 is 19.5 Å². The molecule has 5 nitrogen and oxygen atoms in total. The van der Waals surface area contributed by atoms with Crippen molar-refractivity contribution in [1.82, 2.24) is 5.32 Å². The van der Waals surface area contributed by atoms with Crippen molar-refractivity contribution in [2.45, 2.75) is 6.42 Å². The van der Waals surface area contributed by atoms with Crippen LogP contribution in [0.5, 0.6) is 0 Å². The molecule has 1 amide bonds. The number of carboxylic acid groups (broad SMARTS) is 1. The maximum absolute atomic E-state index is 10.6. The number of hydrogen-bond donors (Lipinski definition) is 1. The van der Waals surface area contributed by atoms with Crippen molar-refractivity contribution in [3.8, 4) is 0 Å². The molecule has 0 saturated heterocycles. The molecule has 0 rings (SSSR count). The Labute approximate surface area is 73.7 Å². The molecule has 1 N–H and O–H groups in total. The Morgan fingerprint density at radius 2 is 1.92 bits per heavy atom. The summed E-state index contributed by atoms with van der Waals surface area (Å²) in [5.74, 6) is -2.77. The zero-order valence-corrected chi connectivity index (χ0v) is 6.89. The van der Waals surface area contributed by atoms with Gasteiger partial charge in [0, 0.05) is 0 Å². The lowest BCUT2D eigenvalue weighted by molar-refractivity contribution is -0.304. The second-order valence-corrected chi connectivity index (χ2v) is 2.27. The van der Waals surface area contributed by atoms with Crippen LogP contribution in [0.2, 0.25) is 0 Å². The Hall–Kier alpha value is -1.10. The number of nitrogens with one attached hydrogen (secondary N) is 1. The number of halogens is 1. The highest BCUT2D eigenvalue weighted by Gasteiger charge is 2.06. The number of rotatable bonds is 5. The first-order valence-corrected chi connectivity index (χ1v) is 3.64. The molecule has 6 heteroatoms. The highest BCUT2D eigenvalue weighted by atomic mass is 35.5. The zero-order chi connectivity index (χ0) is 9.56. The van der Waals surface area contributed by atoms with Gasteiger partial charge in [0.1, 0.15) is 0 Å². The molecule has 0 aromatic heterocycles. The summed E-state index contributed by atoms with van der Waals surface area (Å²) in [5.41, 5.74) is 0. The van der Waals surface area contributed by atoms with Crippen molar-refractivity contribution in [1.29, 1.82) is 0 Å². The van der Waals surface area contributed by atoms with Crippen LogP contribution in [-0.2, 0) is 14.4 Å². The summed E-state index contributed by atoms with van der Waals surface area (Å²) in [6.45, 7) is -0.589. The van der Waals surface area contributed by atoms with Crippen molar-refractivity contribution >= 4 is 29.3 Å². The van der Waals surface area contributed by atoms with E-state index < -0.39 is 30.6 Å². The van der Waals surface area contributed by atoms with Gasteiger partial charge in [0.15, 0.2) is 5.78 Å². The number of carboxylic acids is 1. The van der Waals surface area contributed by atoms with Crippen LogP contribution in [-0.4, -0.2) is 30.1 Å². The van der Waals surface area contributed by atoms with Gasteiger partial charge in [0.05, 0.1) is 24.8 Å². The molecule has 0 aliphatic rings. The SMILES string of the molecule is O=C([O-])CNC(=O)CC(=O)CCl. The van der Waals surface area contributed by atoms with Gasteiger partial charge in [-0.3, -0.25) is 9.59 Å². The van der Waals surface area contributed by atoms with E-state index in [-0.39, 0.29) is 5.88 Å². The van der Waals surface area contributed by atoms with Crippen LogP contribution in [0.3, 0.4) is 0 Å². The minimum atomic E-state index is -1.40. The number of hydrogen-bond acceptors (Lipinski definition) is 4. The molecule has 68 valence electrons. The predicted octanol–water partition coefficient (Wildman–Crippen LogP) is -1.95. The molecule has 0 aromatic carbocycles. The quantitative estimate of drug-likeness (QED) is 0.405. The smallest absolute Gasteiger partial charge is 0.227 e. The van der Waals surface area contributed by atoms with E-state index in [1.165, 1.54) is 0 Å². The Balaban J connectivity index is 3.60. The van der Waals surface area contributed by atoms with Gasteiger partial charge in [-0.2, -0.15) is 0 Å². The number of carbonyl (C=O) groups excluding carboxylic acids is 3. The van der Waals surface area contributed by atoms with E-state index in [9.17, 15) is 19.5 Å². The lowest BCUT2D eigenvalue weighted by atomic mass is 10.3. The van der Waals surface area contributed by atoms with Gasteiger partial charge >= 0.3 is 0 Å². The summed E-state index contributed by atoms with van der Waals surface area (Å²) >= 11 is 5.10. The molecular weight excluding hydrogens is 186 g/mol. The highest BCUT2D eigenvalue weighted by Crippen LogP contribution is 1.86. The number of alkyl halides is 1. The summed E-state index contributed by atoms with van der Waals surface area (Å²) < 4.78 is 0. The molecule has 12 heavy (non-hydrogen) atoms. The number of amides is 1. The summed E-state index contributed by atoms with van der Waals surface area (Å²) in [4.78, 5) is 31.0. The van der Waals surface area contributed by atoms with Crippen LogP contribution in [0.4, 0.5) is 0 Å². The average Bonchev–Trinajstić information content (AvgIpc) is 2.00. The summed E-state index contributed by atoms with van der Waals surface area (Å²) in [6.07, 6.45) is -0.392. The number of Topliss-reactive ketones (excluding diaryl/α,β-unsaturated/α-hetero) is 1. The Morgan fingerprint density at radius 1 is 1.33 bits per heavy atom. The molecule has 0 spiro atoms. The van der Waals surface area contributed by atoms with Gasteiger partial charge in [0.2, 0.25) is 5.91 Å². The minimum absolute atomic E-state index is 0.251. The van der Waals surface area contributed by atoms with E-state index in [1.807, 2.05) is 5.32 Å². The largest absolute Gasteiger partial charge is 0.548 e. The zero-order valence-electron chi connectivity index (χ0n) is 6.13. The van der Waals surface area contributed by atoms with Crippen molar-refractivity contribution in [2.75, 3.05) is 12.4 Å². The van der Waals surface area contributed by atoms with Gasteiger partial charge in [-0.25, -0.2) is 0 Å². The molecule has 0 atom stereocenters. The first kappa shape index (κ1) is 10.9. The number of aliphatic carboxylic acids is 1. The van der Waals surface area contributed by atoms with Gasteiger partial charge in [0.25, 0.3) is 0 Å². The van der Waals surface area contributed by atoms with E-state index >= 15 is 0 Å². The standard InChI is InChI=1S/C6H8ClNO4/c7-2-4(9)1-5(10)8-3-6(11)12/h1-3H2,(H,8,10)(H,11,12)/p-1. The molecule has 0 unspecified atom stereocenters. The van der Waals surface area contributed by atoms with Crippen LogP contribution in [0.1, 0.15) is 6.42 Å². The maximum atomic E-state index is 10.6. The van der Waals surface area contributed by atoms with Gasteiger partial charge < -0.3 is 15.2 Å². The van der Waals surface area contributed by atoms with Crippen molar-refractivity contribution in [3.05, 3.63) is 0 Å². The number of carbonyl (C=O) groups is 3. The van der Waals surface area contributed by atoms with E-state index in [4.69, 9.17) is 11.6 Å². The van der Waals surface area contributed by atoms with E-state index in [0.29, 0.717) is 0 Å². The van der Waals surface area contributed by atoms with Crippen LogP contribution in [0, 0.1) is 0 Å². The molecule has 0 bridgehead atoms. The second-order valence-electron chi connectivity index (χ2n) is 2.00. The van der Waals surface area contributed by atoms with E-state index in [2.05, 4.69) is 0 Å². The van der Waals surface area contributed by atoms with Gasteiger partial charge in [-0.15, -0.1) is 11.6 Å². The molecule has 0 heterocycles. The first-order chi connectivity index (χ1) is 5.56. The lowest BCUT2D eigenvalue weighted by Gasteiger charge is -2.03. The van der Waals surface area contributed by atoms with Crippen LogP contribution in [0.25, 0.3) is 0 Å². The van der Waals surface area contributed by atoms with Crippen LogP contribution >= 0.6 is 11.6 Å². The fourth-order valence-corrected chi connectivity index (χ4v) is 0.554. The maximum Gasteiger partial charge on any atom is 0.227 e. The van der Waals surface area contributed by atoms with Crippen molar-refractivity contribution in [2.24, 2.45) is 0 Å². The second kappa shape index (κ2) is 5.54. The molecular formula is C6H7ClNO4-. The third kappa shape index (κ3) is 5.67. The van der Waals surface area contributed by atoms with Crippen molar-refractivity contribution in [3.63, 3.8) is 0 Å². The van der Waals surface area contributed by atoms with Gasteiger partial charge in [-0.05, 0) is 0 Å². The molecule has 0 saturated carbocycles. The predicted molar refractivity (Wildman–Crippen MR) is 38.4 cm³/mol. The topological polar surface area (TPSA) is 86.3 Å². The van der Waals surface area contributed by atoms with Crippen LogP contribution < -0.4 is 10.4 Å². The summed E-state index contributed by atoms with van der Waals surface area (Å²) in [6, 6.07) is 0. The summed E-state index contributed by atoms with van der Waals surface area (Å²) in [7, 11) is 0. The average molecular weight is 193 g/mol. The lowest BCUT2D eigenvalue weighted by Crippen LogP contribution is -2.38. The summed E-state index contributed by atoms with van der Waals surface area (Å²) in [5, 5.41) is 11.8. The normalized spacial score (nSPS) is 9.08. The third-order valence-corrected chi connectivity index (χ3v) is 1.23. The fourth-order valence-electron chi connectivity index (χ4n) is 0.460. The molecule has 0 radical (unpaired) electrons. The molecule has 0 aliphatic carbocycles. The Bertz CT molecular complexity index is 204. The van der Waals surface area contributed by atoms with Gasteiger partial charge in [-0.1, -0.05) is 0 Å². The first-order valence-electron chi connectivity index (χ1n) is 3.10. The van der Waals surface area contributed by atoms with E-state index in [1.54, 1.807) is 0 Å². The minimum Gasteiger partial charge on any atom is -0.548 e. The number of ketones is 1. The highest BCUT2D eigenvalue weighted by molar-refractivity contribution is 6.29. The van der Waals surface area contributed by atoms with Crippen LogP contribution in [0.15, 0.2) is 0 Å². The fraction of sp³-hybridized carbons (Fsp3) is 0.500. The monoisotopic (exact) mass is 192 g/mol. The Kier molecular flexibility index (Phi) is 5.03. The molecule has 0 aromatic rings.